The minimum Gasteiger partial charge on any atom is -0.497 e. The topological polar surface area (TPSA) is 59.6 Å². The number of nitrogens with one attached hydrogen (secondary N) is 2. The van der Waals surface area contributed by atoms with Crippen LogP contribution in [0.4, 0.5) is 10.5 Å². The van der Waals surface area contributed by atoms with E-state index in [2.05, 4.69) is 10.6 Å². The van der Waals surface area contributed by atoms with Gasteiger partial charge >= 0.3 is 6.03 Å². The summed E-state index contributed by atoms with van der Waals surface area (Å²) < 4.78 is 11.1. The molecule has 0 unspecified atom stereocenters. The second-order valence-corrected chi connectivity index (χ2v) is 6.27. The first-order valence-electron chi connectivity index (χ1n) is 6.58. The van der Waals surface area contributed by atoms with E-state index in [-0.39, 0.29) is 12.1 Å². The second-order valence-electron chi connectivity index (χ2n) is 4.53. The molecule has 7 heteroatoms. The van der Waals surface area contributed by atoms with Crippen molar-refractivity contribution in [1.82, 2.24) is 5.32 Å². The number of carbonyl (C=O) groups is 1. The summed E-state index contributed by atoms with van der Waals surface area (Å²) in [6.07, 6.45) is 0. The second kappa shape index (κ2) is 7.38. The number of halogens is 1. The van der Waals surface area contributed by atoms with Crippen LogP contribution in [0.2, 0.25) is 4.34 Å². The average Bonchev–Trinajstić information content (AvgIpc) is 2.94. The van der Waals surface area contributed by atoms with Crippen LogP contribution in [0.1, 0.15) is 17.8 Å². The van der Waals surface area contributed by atoms with Gasteiger partial charge in [-0.05, 0) is 31.2 Å². The van der Waals surface area contributed by atoms with Crippen molar-refractivity contribution in [3.63, 3.8) is 0 Å². The number of benzene rings is 1. The summed E-state index contributed by atoms with van der Waals surface area (Å²) >= 11 is 7.34. The maximum Gasteiger partial charge on any atom is 0.319 e. The zero-order chi connectivity index (χ0) is 16.1. The maximum atomic E-state index is 12.1. The SMILES string of the molecule is COc1ccc(NC(=O)N[C@@H](C)c2ccc(Cl)s2)c(OC)c1. The Balaban J connectivity index is 2.02. The van der Waals surface area contributed by atoms with Gasteiger partial charge in [-0.25, -0.2) is 4.79 Å². The van der Waals surface area contributed by atoms with Gasteiger partial charge in [0.25, 0.3) is 0 Å². The molecular formula is C15H17ClN2O3S. The molecule has 2 amide bonds. The number of hydrogen-bond acceptors (Lipinski definition) is 4. The van der Waals surface area contributed by atoms with E-state index in [4.69, 9.17) is 21.1 Å². The number of hydrogen-bond donors (Lipinski definition) is 2. The Bertz CT molecular complexity index is 660. The average molecular weight is 341 g/mol. The number of anilines is 1. The highest BCUT2D eigenvalue weighted by atomic mass is 35.5. The third-order valence-electron chi connectivity index (χ3n) is 3.03. The highest BCUT2D eigenvalue weighted by Crippen LogP contribution is 2.29. The van der Waals surface area contributed by atoms with Crippen molar-refractivity contribution < 1.29 is 14.3 Å². The Morgan fingerprint density at radius 1 is 1.23 bits per heavy atom. The van der Waals surface area contributed by atoms with Gasteiger partial charge in [-0.2, -0.15) is 0 Å². The zero-order valence-electron chi connectivity index (χ0n) is 12.5. The molecule has 118 valence electrons. The van der Waals surface area contributed by atoms with E-state index < -0.39 is 0 Å². The van der Waals surface area contributed by atoms with E-state index in [0.717, 1.165) is 4.88 Å². The predicted octanol–water partition coefficient (Wildman–Crippen LogP) is 4.30. The molecular weight excluding hydrogens is 324 g/mol. The Hall–Kier alpha value is -1.92. The Morgan fingerprint density at radius 3 is 2.59 bits per heavy atom. The summed E-state index contributed by atoms with van der Waals surface area (Å²) in [5, 5.41) is 5.61. The van der Waals surface area contributed by atoms with Gasteiger partial charge in [0.05, 0.1) is 30.3 Å². The highest BCUT2D eigenvalue weighted by Gasteiger charge is 2.13. The lowest BCUT2D eigenvalue weighted by atomic mass is 10.2. The van der Waals surface area contributed by atoms with Crippen LogP contribution in [0.15, 0.2) is 30.3 Å². The van der Waals surface area contributed by atoms with Gasteiger partial charge in [-0.15, -0.1) is 11.3 Å². The molecule has 2 N–H and O–H groups in total. The van der Waals surface area contributed by atoms with E-state index in [9.17, 15) is 4.79 Å². The quantitative estimate of drug-likeness (QED) is 0.853. The van der Waals surface area contributed by atoms with Gasteiger partial charge in [-0.1, -0.05) is 11.6 Å². The van der Waals surface area contributed by atoms with E-state index >= 15 is 0 Å². The summed E-state index contributed by atoms with van der Waals surface area (Å²) in [4.78, 5) is 13.1. The monoisotopic (exact) mass is 340 g/mol. The third kappa shape index (κ3) is 4.05. The fraction of sp³-hybridized carbons (Fsp3) is 0.267. The van der Waals surface area contributed by atoms with E-state index in [0.29, 0.717) is 21.5 Å². The molecule has 0 fully saturated rings. The largest absolute Gasteiger partial charge is 0.497 e. The fourth-order valence-electron chi connectivity index (χ4n) is 1.89. The van der Waals surface area contributed by atoms with Gasteiger partial charge in [0.1, 0.15) is 11.5 Å². The summed E-state index contributed by atoms with van der Waals surface area (Å²) in [6, 6.07) is 8.43. The number of urea groups is 1. The summed E-state index contributed by atoms with van der Waals surface area (Å²) in [5.41, 5.74) is 0.567. The summed E-state index contributed by atoms with van der Waals surface area (Å²) in [6.45, 7) is 1.90. The van der Waals surface area contributed by atoms with E-state index in [1.54, 1.807) is 25.3 Å². The molecule has 1 atom stereocenters. The first kappa shape index (κ1) is 16.5. The predicted molar refractivity (Wildman–Crippen MR) is 89.4 cm³/mol. The maximum absolute atomic E-state index is 12.1. The molecule has 22 heavy (non-hydrogen) atoms. The van der Waals surface area contributed by atoms with E-state index in [1.807, 2.05) is 19.1 Å². The molecule has 1 heterocycles. The number of rotatable bonds is 5. The number of ether oxygens (including phenoxy) is 2. The molecule has 0 bridgehead atoms. The highest BCUT2D eigenvalue weighted by molar-refractivity contribution is 7.16. The van der Waals surface area contributed by atoms with Crippen LogP contribution in [-0.4, -0.2) is 20.3 Å². The molecule has 0 saturated carbocycles. The van der Waals surface area contributed by atoms with Gasteiger partial charge in [0, 0.05) is 10.9 Å². The Morgan fingerprint density at radius 2 is 2.00 bits per heavy atom. The lowest BCUT2D eigenvalue weighted by Crippen LogP contribution is -2.30. The number of carbonyl (C=O) groups excluding carboxylic acids is 1. The van der Waals surface area contributed by atoms with Gasteiger partial charge < -0.3 is 20.1 Å². The Labute approximate surface area is 138 Å². The van der Waals surface area contributed by atoms with Crippen LogP contribution in [0.5, 0.6) is 11.5 Å². The van der Waals surface area contributed by atoms with Gasteiger partial charge in [-0.3, -0.25) is 0 Å². The molecule has 0 radical (unpaired) electrons. The van der Waals surface area contributed by atoms with Crippen molar-refractivity contribution in [2.24, 2.45) is 0 Å². The van der Waals surface area contributed by atoms with Crippen LogP contribution in [0, 0.1) is 0 Å². The summed E-state index contributed by atoms with van der Waals surface area (Å²) in [5.74, 6) is 1.19. The van der Waals surface area contributed by atoms with Crippen molar-refractivity contribution in [2.45, 2.75) is 13.0 Å². The molecule has 0 saturated heterocycles. The van der Waals surface area contributed by atoms with Crippen molar-refractivity contribution in [1.29, 1.82) is 0 Å². The lowest BCUT2D eigenvalue weighted by molar-refractivity contribution is 0.249. The molecule has 0 spiro atoms. The van der Waals surface area contributed by atoms with Gasteiger partial charge in [0.15, 0.2) is 0 Å². The first-order chi connectivity index (χ1) is 10.5. The molecule has 2 rings (SSSR count). The number of amides is 2. The molecule has 2 aromatic rings. The molecule has 1 aromatic carbocycles. The molecule has 0 aliphatic carbocycles. The zero-order valence-corrected chi connectivity index (χ0v) is 14.0. The van der Waals surface area contributed by atoms with Gasteiger partial charge in [0.2, 0.25) is 0 Å². The number of thiophene rings is 1. The minimum atomic E-state index is -0.319. The normalized spacial score (nSPS) is 11.6. The van der Waals surface area contributed by atoms with Crippen molar-refractivity contribution >= 4 is 34.7 Å². The smallest absolute Gasteiger partial charge is 0.319 e. The molecule has 0 aliphatic rings. The van der Waals surface area contributed by atoms with Crippen LogP contribution in [0.25, 0.3) is 0 Å². The van der Waals surface area contributed by atoms with Crippen molar-refractivity contribution in [3.8, 4) is 11.5 Å². The third-order valence-corrected chi connectivity index (χ3v) is 4.44. The fourth-order valence-corrected chi connectivity index (χ4v) is 2.95. The first-order valence-corrected chi connectivity index (χ1v) is 7.77. The lowest BCUT2D eigenvalue weighted by Gasteiger charge is -2.15. The van der Waals surface area contributed by atoms with Crippen molar-refractivity contribution in [2.75, 3.05) is 19.5 Å². The Kier molecular flexibility index (Phi) is 5.51. The van der Waals surface area contributed by atoms with Crippen LogP contribution in [0.3, 0.4) is 0 Å². The summed E-state index contributed by atoms with van der Waals surface area (Å²) in [7, 11) is 3.11. The standard InChI is InChI=1S/C15H17ClN2O3S/c1-9(13-6-7-14(16)22-13)17-15(19)18-11-5-4-10(20-2)8-12(11)21-3/h4-9H,1-3H3,(H2,17,18,19)/t9-/m0/s1. The van der Waals surface area contributed by atoms with Crippen LogP contribution < -0.4 is 20.1 Å². The van der Waals surface area contributed by atoms with Crippen LogP contribution >= 0.6 is 22.9 Å². The van der Waals surface area contributed by atoms with Crippen molar-refractivity contribution in [3.05, 3.63) is 39.5 Å². The minimum absolute atomic E-state index is 0.137. The van der Waals surface area contributed by atoms with E-state index in [1.165, 1.54) is 18.4 Å². The molecule has 0 aliphatic heterocycles. The molecule has 5 nitrogen and oxygen atoms in total. The van der Waals surface area contributed by atoms with Crippen LogP contribution in [-0.2, 0) is 0 Å². The number of methoxy groups -OCH3 is 2. The molecule has 1 aromatic heterocycles.